The predicted octanol–water partition coefficient (Wildman–Crippen LogP) is 4.13. The first-order chi connectivity index (χ1) is 13.0. The van der Waals surface area contributed by atoms with Crippen molar-refractivity contribution < 1.29 is 14.3 Å². The standard InChI is InChI=1S/C22H26N2O3/c1-15-6-11-20(27-3)19(13-15)23-21(25)17-7-9-18(10-8-17)22(26)24-12-4-5-16(2)14-24/h6-11,13,16H,4-5,12,14H2,1-3H3,(H,23,25). The molecule has 142 valence electrons. The number of amides is 2. The van der Waals surface area contributed by atoms with Gasteiger partial charge in [0, 0.05) is 24.2 Å². The van der Waals surface area contributed by atoms with Gasteiger partial charge >= 0.3 is 0 Å². The van der Waals surface area contributed by atoms with Crippen LogP contribution in [-0.4, -0.2) is 36.9 Å². The number of ether oxygens (including phenoxy) is 1. The van der Waals surface area contributed by atoms with Gasteiger partial charge in [0.2, 0.25) is 0 Å². The molecular weight excluding hydrogens is 340 g/mol. The zero-order valence-corrected chi connectivity index (χ0v) is 16.1. The molecule has 5 nitrogen and oxygen atoms in total. The molecule has 1 unspecified atom stereocenters. The Morgan fingerprint density at radius 3 is 2.48 bits per heavy atom. The topological polar surface area (TPSA) is 58.6 Å². The molecule has 0 radical (unpaired) electrons. The maximum atomic E-state index is 12.6. The zero-order valence-electron chi connectivity index (χ0n) is 16.1. The summed E-state index contributed by atoms with van der Waals surface area (Å²) in [6.07, 6.45) is 2.22. The summed E-state index contributed by atoms with van der Waals surface area (Å²) >= 11 is 0. The van der Waals surface area contributed by atoms with Gasteiger partial charge in [-0.2, -0.15) is 0 Å². The fourth-order valence-electron chi connectivity index (χ4n) is 3.43. The Morgan fingerprint density at radius 1 is 1.11 bits per heavy atom. The lowest BCUT2D eigenvalue weighted by molar-refractivity contribution is 0.0682. The Bertz CT molecular complexity index is 830. The molecule has 0 saturated carbocycles. The van der Waals surface area contributed by atoms with E-state index >= 15 is 0 Å². The smallest absolute Gasteiger partial charge is 0.255 e. The lowest BCUT2D eigenvalue weighted by Gasteiger charge is -2.31. The van der Waals surface area contributed by atoms with E-state index in [0.717, 1.165) is 25.1 Å². The number of anilines is 1. The zero-order chi connectivity index (χ0) is 19.4. The minimum atomic E-state index is -0.232. The van der Waals surface area contributed by atoms with E-state index in [1.165, 1.54) is 6.42 Å². The van der Waals surface area contributed by atoms with E-state index in [4.69, 9.17) is 4.74 Å². The molecule has 1 aliphatic rings. The Kier molecular flexibility index (Phi) is 5.79. The van der Waals surface area contributed by atoms with Crippen LogP contribution in [-0.2, 0) is 0 Å². The van der Waals surface area contributed by atoms with E-state index in [-0.39, 0.29) is 11.8 Å². The van der Waals surface area contributed by atoms with Crippen molar-refractivity contribution in [1.82, 2.24) is 4.90 Å². The first-order valence-electron chi connectivity index (χ1n) is 9.33. The first kappa shape index (κ1) is 19.0. The number of likely N-dealkylation sites (tertiary alicyclic amines) is 1. The van der Waals surface area contributed by atoms with Gasteiger partial charge in [-0.25, -0.2) is 0 Å². The molecule has 0 spiro atoms. The van der Waals surface area contributed by atoms with Crippen molar-refractivity contribution in [2.45, 2.75) is 26.7 Å². The third-order valence-corrected chi connectivity index (χ3v) is 4.94. The minimum Gasteiger partial charge on any atom is -0.495 e. The number of methoxy groups -OCH3 is 1. The Balaban J connectivity index is 1.70. The predicted molar refractivity (Wildman–Crippen MR) is 106 cm³/mol. The van der Waals surface area contributed by atoms with Crippen LogP contribution in [0.25, 0.3) is 0 Å². The summed E-state index contributed by atoms with van der Waals surface area (Å²) in [6, 6.07) is 12.5. The molecular formula is C22H26N2O3. The third-order valence-electron chi connectivity index (χ3n) is 4.94. The van der Waals surface area contributed by atoms with Gasteiger partial charge in [0.15, 0.2) is 0 Å². The summed E-state index contributed by atoms with van der Waals surface area (Å²) < 4.78 is 5.30. The average Bonchev–Trinajstić information content (AvgIpc) is 2.67. The first-order valence-corrected chi connectivity index (χ1v) is 9.33. The van der Waals surface area contributed by atoms with Crippen LogP contribution in [0.5, 0.6) is 5.75 Å². The third kappa shape index (κ3) is 4.48. The molecule has 1 N–H and O–H groups in total. The summed E-state index contributed by atoms with van der Waals surface area (Å²) in [6.45, 7) is 5.73. The molecule has 27 heavy (non-hydrogen) atoms. The number of carbonyl (C=O) groups is 2. The Hall–Kier alpha value is -2.82. The number of piperidine rings is 1. The Labute approximate surface area is 160 Å². The van der Waals surface area contributed by atoms with Crippen LogP contribution in [0, 0.1) is 12.8 Å². The molecule has 1 atom stereocenters. The molecule has 5 heteroatoms. The average molecular weight is 366 g/mol. The molecule has 2 amide bonds. The van der Waals surface area contributed by atoms with E-state index in [2.05, 4.69) is 12.2 Å². The summed E-state index contributed by atoms with van der Waals surface area (Å²) in [4.78, 5) is 27.1. The van der Waals surface area contributed by atoms with Crippen LogP contribution >= 0.6 is 0 Å². The molecule has 1 heterocycles. The van der Waals surface area contributed by atoms with Crippen molar-refractivity contribution in [1.29, 1.82) is 0 Å². The van der Waals surface area contributed by atoms with Crippen LogP contribution in [0.3, 0.4) is 0 Å². The number of hydrogen-bond donors (Lipinski definition) is 1. The summed E-state index contributed by atoms with van der Waals surface area (Å²) in [5.74, 6) is 0.954. The highest BCUT2D eigenvalue weighted by Crippen LogP contribution is 2.26. The number of benzene rings is 2. The van der Waals surface area contributed by atoms with Crippen molar-refractivity contribution in [3.8, 4) is 5.75 Å². The number of carbonyl (C=O) groups excluding carboxylic acids is 2. The highest BCUT2D eigenvalue weighted by Gasteiger charge is 2.22. The minimum absolute atomic E-state index is 0.0360. The van der Waals surface area contributed by atoms with Gasteiger partial charge < -0.3 is 15.0 Å². The van der Waals surface area contributed by atoms with Crippen LogP contribution in [0.2, 0.25) is 0 Å². The Morgan fingerprint density at radius 2 is 1.81 bits per heavy atom. The van der Waals surface area contributed by atoms with Gasteiger partial charge in [-0.1, -0.05) is 13.0 Å². The van der Waals surface area contributed by atoms with E-state index in [1.54, 1.807) is 31.4 Å². The normalized spacial score (nSPS) is 16.7. The van der Waals surface area contributed by atoms with E-state index < -0.39 is 0 Å². The van der Waals surface area contributed by atoms with Crippen molar-refractivity contribution in [2.75, 3.05) is 25.5 Å². The second-order valence-electron chi connectivity index (χ2n) is 7.23. The largest absolute Gasteiger partial charge is 0.495 e. The molecule has 1 fully saturated rings. The highest BCUT2D eigenvalue weighted by atomic mass is 16.5. The van der Waals surface area contributed by atoms with Gasteiger partial charge in [-0.05, 0) is 67.6 Å². The van der Waals surface area contributed by atoms with Crippen molar-refractivity contribution in [3.63, 3.8) is 0 Å². The van der Waals surface area contributed by atoms with Crippen LogP contribution in [0.15, 0.2) is 42.5 Å². The lowest BCUT2D eigenvalue weighted by Crippen LogP contribution is -2.39. The lowest BCUT2D eigenvalue weighted by atomic mass is 9.99. The fourth-order valence-corrected chi connectivity index (χ4v) is 3.43. The second kappa shape index (κ2) is 8.25. The van der Waals surface area contributed by atoms with E-state index in [9.17, 15) is 9.59 Å². The number of nitrogens with zero attached hydrogens (tertiary/aromatic N) is 1. The molecule has 0 bridgehead atoms. The number of rotatable bonds is 4. The molecule has 2 aromatic carbocycles. The van der Waals surface area contributed by atoms with Gasteiger partial charge in [-0.15, -0.1) is 0 Å². The molecule has 3 rings (SSSR count). The van der Waals surface area contributed by atoms with Gasteiger partial charge in [0.05, 0.1) is 12.8 Å². The van der Waals surface area contributed by atoms with Gasteiger partial charge in [0.25, 0.3) is 11.8 Å². The number of nitrogens with one attached hydrogen (secondary N) is 1. The molecule has 0 aromatic heterocycles. The summed E-state index contributed by atoms with van der Waals surface area (Å²) in [7, 11) is 1.57. The van der Waals surface area contributed by atoms with Gasteiger partial charge in [0.1, 0.15) is 5.75 Å². The van der Waals surface area contributed by atoms with Crippen LogP contribution in [0.1, 0.15) is 46.0 Å². The second-order valence-corrected chi connectivity index (χ2v) is 7.23. The summed E-state index contributed by atoms with van der Waals surface area (Å²) in [5.41, 5.74) is 2.78. The van der Waals surface area contributed by atoms with Crippen molar-refractivity contribution in [3.05, 3.63) is 59.2 Å². The number of hydrogen-bond acceptors (Lipinski definition) is 3. The summed E-state index contributed by atoms with van der Waals surface area (Å²) in [5, 5.41) is 2.88. The highest BCUT2D eigenvalue weighted by molar-refractivity contribution is 6.05. The maximum absolute atomic E-state index is 12.6. The van der Waals surface area contributed by atoms with Crippen LogP contribution < -0.4 is 10.1 Å². The fraction of sp³-hybridized carbons (Fsp3) is 0.364. The van der Waals surface area contributed by atoms with E-state index in [0.29, 0.717) is 28.5 Å². The SMILES string of the molecule is COc1ccc(C)cc1NC(=O)c1ccc(C(=O)N2CCCC(C)C2)cc1. The maximum Gasteiger partial charge on any atom is 0.255 e. The molecule has 1 aliphatic heterocycles. The number of aryl methyl sites for hydroxylation is 1. The quantitative estimate of drug-likeness (QED) is 0.885. The molecule has 1 saturated heterocycles. The van der Waals surface area contributed by atoms with E-state index in [1.807, 2.05) is 30.0 Å². The molecule has 2 aromatic rings. The molecule has 0 aliphatic carbocycles. The van der Waals surface area contributed by atoms with Gasteiger partial charge in [-0.3, -0.25) is 9.59 Å². The monoisotopic (exact) mass is 366 g/mol. The van der Waals surface area contributed by atoms with Crippen LogP contribution in [0.4, 0.5) is 5.69 Å². The van der Waals surface area contributed by atoms with Crippen molar-refractivity contribution in [2.24, 2.45) is 5.92 Å². The van der Waals surface area contributed by atoms with Crippen molar-refractivity contribution >= 4 is 17.5 Å².